The largest absolute Gasteiger partial charge is 0.330 e. The normalized spacial score (nSPS) is 11.2. The fourth-order valence-electron chi connectivity index (χ4n) is 1.80. The molecule has 0 bridgehead atoms. The molecule has 4 nitrogen and oxygen atoms in total. The number of nitrogens with two attached hydrogens (primary N) is 1. The van der Waals surface area contributed by atoms with Crippen molar-refractivity contribution in [1.82, 2.24) is 15.0 Å². The van der Waals surface area contributed by atoms with E-state index in [0.29, 0.717) is 0 Å². The van der Waals surface area contributed by atoms with Gasteiger partial charge < -0.3 is 5.73 Å². The van der Waals surface area contributed by atoms with E-state index in [1.807, 2.05) is 4.68 Å². The molecule has 0 saturated carbocycles. The first-order valence-electron chi connectivity index (χ1n) is 6.39. The van der Waals surface area contributed by atoms with Crippen molar-refractivity contribution >= 4 is 0 Å². The third-order valence-corrected chi connectivity index (χ3v) is 3.07. The quantitative estimate of drug-likeness (QED) is 0.687. The monoisotopic (exact) mass is 224 g/mol. The van der Waals surface area contributed by atoms with E-state index in [9.17, 15) is 0 Å². The van der Waals surface area contributed by atoms with Gasteiger partial charge in [0, 0.05) is 12.7 Å². The van der Waals surface area contributed by atoms with Crippen LogP contribution in [0.1, 0.15) is 45.2 Å². The highest BCUT2D eigenvalue weighted by Crippen LogP contribution is 2.10. The van der Waals surface area contributed by atoms with Gasteiger partial charge in [0.05, 0.1) is 5.69 Å². The predicted octanol–water partition coefficient (Wildman–Crippen LogP) is 2.00. The predicted molar refractivity (Wildman–Crippen MR) is 66.1 cm³/mol. The maximum Gasteiger partial charge on any atom is 0.0827 e. The second-order valence-corrected chi connectivity index (χ2v) is 4.36. The van der Waals surface area contributed by atoms with Gasteiger partial charge in [0.15, 0.2) is 0 Å². The summed E-state index contributed by atoms with van der Waals surface area (Å²) in [6.45, 7) is 6.22. The Morgan fingerprint density at radius 3 is 2.69 bits per heavy atom. The number of aryl methyl sites for hydroxylation is 1. The third kappa shape index (κ3) is 4.31. The van der Waals surface area contributed by atoms with E-state index in [1.165, 1.54) is 12.8 Å². The molecule has 0 atom stereocenters. The van der Waals surface area contributed by atoms with E-state index in [2.05, 4.69) is 30.4 Å². The highest BCUT2D eigenvalue weighted by atomic mass is 15.4. The van der Waals surface area contributed by atoms with E-state index < -0.39 is 0 Å². The molecule has 1 heterocycles. The van der Waals surface area contributed by atoms with Crippen molar-refractivity contribution in [2.24, 2.45) is 11.7 Å². The summed E-state index contributed by atoms with van der Waals surface area (Å²) in [5.74, 6) is 0.721. The summed E-state index contributed by atoms with van der Waals surface area (Å²) < 4.78 is 1.98. The van der Waals surface area contributed by atoms with Crippen molar-refractivity contribution in [1.29, 1.82) is 0 Å². The molecule has 0 aromatic carbocycles. The molecule has 0 unspecified atom stereocenters. The molecule has 1 aromatic heterocycles. The summed E-state index contributed by atoms with van der Waals surface area (Å²) in [6, 6.07) is 0. The molecule has 0 aliphatic heterocycles. The Bertz CT molecular complexity index is 278. The number of unbranched alkanes of at least 4 members (excludes halogenated alkanes) is 1. The minimum Gasteiger partial charge on any atom is -0.330 e. The van der Waals surface area contributed by atoms with Crippen LogP contribution < -0.4 is 5.73 Å². The zero-order valence-corrected chi connectivity index (χ0v) is 10.5. The van der Waals surface area contributed by atoms with Gasteiger partial charge in [-0.3, -0.25) is 4.68 Å². The van der Waals surface area contributed by atoms with Crippen LogP contribution in [0, 0.1) is 5.92 Å². The number of hydrogen-bond acceptors (Lipinski definition) is 3. The van der Waals surface area contributed by atoms with Gasteiger partial charge in [0.2, 0.25) is 0 Å². The molecule has 0 fully saturated rings. The fourth-order valence-corrected chi connectivity index (χ4v) is 1.80. The van der Waals surface area contributed by atoms with Crippen LogP contribution in [-0.4, -0.2) is 21.5 Å². The SMILES string of the molecule is CCC(CC)Cn1cc(CCCCN)nn1. The summed E-state index contributed by atoms with van der Waals surface area (Å²) in [5.41, 5.74) is 6.56. The molecule has 1 rings (SSSR count). The highest BCUT2D eigenvalue weighted by Gasteiger charge is 2.06. The van der Waals surface area contributed by atoms with Crippen molar-refractivity contribution in [2.45, 2.75) is 52.5 Å². The zero-order chi connectivity index (χ0) is 11.8. The van der Waals surface area contributed by atoms with Crippen LogP contribution in [-0.2, 0) is 13.0 Å². The minimum absolute atomic E-state index is 0.721. The van der Waals surface area contributed by atoms with E-state index in [1.54, 1.807) is 0 Å². The summed E-state index contributed by atoms with van der Waals surface area (Å²) in [7, 11) is 0. The number of rotatable bonds is 8. The van der Waals surface area contributed by atoms with Gasteiger partial charge in [-0.15, -0.1) is 5.10 Å². The van der Waals surface area contributed by atoms with Crippen molar-refractivity contribution in [2.75, 3.05) is 6.54 Å². The van der Waals surface area contributed by atoms with Crippen molar-refractivity contribution in [3.8, 4) is 0 Å². The Morgan fingerprint density at radius 2 is 2.06 bits per heavy atom. The standard InChI is InChI=1S/C12H24N4/c1-3-11(4-2)9-16-10-12(14-15-16)7-5-6-8-13/h10-11H,3-9,13H2,1-2H3. The van der Waals surface area contributed by atoms with Crippen LogP contribution in [0.25, 0.3) is 0 Å². The Hall–Kier alpha value is -0.900. The molecular formula is C12H24N4. The van der Waals surface area contributed by atoms with Gasteiger partial charge in [-0.05, 0) is 31.7 Å². The molecule has 0 radical (unpaired) electrons. The van der Waals surface area contributed by atoms with Crippen LogP contribution in [0.2, 0.25) is 0 Å². The van der Waals surface area contributed by atoms with Gasteiger partial charge in [0.1, 0.15) is 0 Å². The van der Waals surface area contributed by atoms with Crippen LogP contribution in [0.3, 0.4) is 0 Å². The number of nitrogens with zero attached hydrogens (tertiary/aromatic N) is 3. The molecule has 0 aliphatic rings. The molecule has 0 spiro atoms. The van der Waals surface area contributed by atoms with Gasteiger partial charge in [0.25, 0.3) is 0 Å². The second-order valence-electron chi connectivity index (χ2n) is 4.36. The van der Waals surface area contributed by atoms with Gasteiger partial charge >= 0.3 is 0 Å². The van der Waals surface area contributed by atoms with Crippen LogP contribution in [0.5, 0.6) is 0 Å². The van der Waals surface area contributed by atoms with Crippen molar-refractivity contribution in [3.63, 3.8) is 0 Å². The first-order chi connectivity index (χ1) is 7.80. The lowest BCUT2D eigenvalue weighted by Gasteiger charge is -2.10. The lowest BCUT2D eigenvalue weighted by Crippen LogP contribution is -2.09. The van der Waals surface area contributed by atoms with Crippen molar-refractivity contribution in [3.05, 3.63) is 11.9 Å². The van der Waals surface area contributed by atoms with E-state index >= 15 is 0 Å². The molecule has 92 valence electrons. The molecular weight excluding hydrogens is 200 g/mol. The lowest BCUT2D eigenvalue weighted by atomic mass is 10.0. The molecule has 0 amide bonds. The molecule has 0 saturated heterocycles. The second kappa shape index (κ2) is 7.39. The molecule has 16 heavy (non-hydrogen) atoms. The van der Waals surface area contributed by atoms with Gasteiger partial charge in [-0.2, -0.15) is 0 Å². The topological polar surface area (TPSA) is 56.7 Å². The first-order valence-corrected chi connectivity index (χ1v) is 6.39. The van der Waals surface area contributed by atoms with Gasteiger partial charge in [-0.1, -0.05) is 31.9 Å². The summed E-state index contributed by atoms with van der Waals surface area (Å²) in [5, 5.41) is 8.35. The zero-order valence-electron chi connectivity index (χ0n) is 10.5. The van der Waals surface area contributed by atoms with Crippen molar-refractivity contribution < 1.29 is 0 Å². The Kier molecular flexibility index (Phi) is 6.08. The van der Waals surface area contributed by atoms with Crippen LogP contribution >= 0.6 is 0 Å². The van der Waals surface area contributed by atoms with E-state index in [4.69, 9.17) is 5.73 Å². The smallest absolute Gasteiger partial charge is 0.0827 e. The molecule has 0 aliphatic carbocycles. The highest BCUT2D eigenvalue weighted by molar-refractivity contribution is 4.92. The summed E-state index contributed by atoms with van der Waals surface area (Å²) in [6.07, 6.45) is 7.67. The van der Waals surface area contributed by atoms with Gasteiger partial charge in [-0.25, -0.2) is 0 Å². The molecule has 4 heteroatoms. The minimum atomic E-state index is 0.721. The third-order valence-electron chi connectivity index (χ3n) is 3.07. The number of aromatic nitrogens is 3. The van der Waals surface area contributed by atoms with E-state index in [-0.39, 0.29) is 0 Å². The molecule has 2 N–H and O–H groups in total. The molecule has 1 aromatic rings. The summed E-state index contributed by atoms with van der Waals surface area (Å²) in [4.78, 5) is 0. The summed E-state index contributed by atoms with van der Waals surface area (Å²) >= 11 is 0. The maximum atomic E-state index is 5.46. The Balaban J connectivity index is 2.38. The van der Waals surface area contributed by atoms with E-state index in [0.717, 1.165) is 44.0 Å². The maximum absolute atomic E-state index is 5.46. The fraction of sp³-hybridized carbons (Fsp3) is 0.833. The Morgan fingerprint density at radius 1 is 1.31 bits per heavy atom. The number of hydrogen-bond donors (Lipinski definition) is 1. The van der Waals surface area contributed by atoms with Crippen LogP contribution in [0.15, 0.2) is 6.20 Å². The Labute approximate surface area is 98.2 Å². The lowest BCUT2D eigenvalue weighted by molar-refractivity contribution is 0.390. The first kappa shape index (κ1) is 13.2. The average Bonchev–Trinajstić information content (AvgIpc) is 2.74. The van der Waals surface area contributed by atoms with Crippen LogP contribution in [0.4, 0.5) is 0 Å². The average molecular weight is 224 g/mol.